The number of piperidine rings is 1. The van der Waals surface area contributed by atoms with E-state index in [2.05, 4.69) is 46.0 Å². The van der Waals surface area contributed by atoms with Crippen LogP contribution in [0.3, 0.4) is 0 Å². The zero-order valence-electron chi connectivity index (χ0n) is 16.8. The predicted octanol–water partition coefficient (Wildman–Crippen LogP) is 5.78. The molecule has 2 aliphatic rings. The molecule has 0 bridgehead atoms. The third-order valence-electron chi connectivity index (χ3n) is 6.09. The molecule has 3 aromatic rings. The van der Waals surface area contributed by atoms with Gasteiger partial charge in [0, 0.05) is 40.8 Å². The molecule has 4 nitrogen and oxygen atoms in total. The van der Waals surface area contributed by atoms with Crippen molar-refractivity contribution < 1.29 is 4.79 Å². The fraction of sp³-hybridized carbons (Fsp3) is 0.292. The van der Waals surface area contributed by atoms with Gasteiger partial charge in [0.2, 0.25) is 0 Å². The van der Waals surface area contributed by atoms with Crippen molar-refractivity contribution >= 4 is 46.9 Å². The molecular weight excluding hydrogens is 417 g/mol. The maximum atomic E-state index is 12.5. The van der Waals surface area contributed by atoms with Gasteiger partial charge in [-0.2, -0.15) is 0 Å². The minimum absolute atomic E-state index is 0. The number of nitrogens with one attached hydrogen (secondary N) is 2. The minimum Gasteiger partial charge on any atom is -0.355 e. The highest BCUT2D eigenvalue weighted by Gasteiger charge is 2.27. The number of carbonyl (C=O) groups excluding carboxylic acids is 1. The van der Waals surface area contributed by atoms with Crippen LogP contribution in [0.15, 0.2) is 36.9 Å². The molecule has 2 N–H and O–H groups in total. The van der Waals surface area contributed by atoms with Crippen molar-refractivity contribution in [1.29, 1.82) is 0 Å². The number of rotatable bonds is 4. The Morgan fingerprint density at radius 2 is 1.93 bits per heavy atom. The number of hydrogen-bond acceptors (Lipinski definition) is 2. The van der Waals surface area contributed by atoms with Crippen molar-refractivity contribution in [2.75, 3.05) is 13.1 Å². The Morgan fingerprint density at radius 3 is 2.70 bits per heavy atom. The van der Waals surface area contributed by atoms with Crippen molar-refractivity contribution in [3.63, 3.8) is 0 Å². The molecule has 0 radical (unpaired) electrons. The molecule has 0 aliphatic carbocycles. The van der Waals surface area contributed by atoms with E-state index in [-0.39, 0.29) is 18.3 Å². The van der Waals surface area contributed by atoms with Crippen LogP contribution in [0.1, 0.15) is 46.3 Å². The van der Waals surface area contributed by atoms with Crippen molar-refractivity contribution in [1.82, 2.24) is 15.2 Å². The molecule has 5 rings (SSSR count). The third kappa shape index (κ3) is 3.64. The minimum atomic E-state index is -0.0723. The van der Waals surface area contributed by atoms with Gasteiger partial charge < -0.3 is 10.3 Å². The van der Waals surface area contributed by atoms with Gasteiger partial charge in [0.15, 0.2) is 0 Å². The van der Waals surface area contributed by atoms with Gasteiger partial charge >= 0.3 is 0 Å². The zero-order chi connectivity index (χ0) is 20.0. The van der Waals surface area contributed by atoms with Gasteiger partial charge in [-0.05, 0) is 61.3 Å². The van der Waals surface area contributed by atoms with Crippen LogP contribution in [0.4, 0.5) is 0 Å². The van der Waals surface area contributed by atoms with Gasteiger partial charge in [-0.1, -0.05) is 36.7 Å². The largest absolute Gasteiger partial charge is 0.355 e. The predicted molar refractivity (Wildman–Crippen MR) is 126 cm³/mol. The second-order valence-corrected chi connectivity index (χ2v) is 8.39. The smallest absolute Gasteiger partial charge is 0.252 e. The van der Waals surface area contributed by atoms with E-state index in [4.69, 9.17) is 11.6 Å². The molecule has 0 spiro atoms. The molecule has 2 aromatic carbocycles. The number of H-pyrrole nitrogens is 1. The SMILES string of the molecule is C=Cc1cc(-c2cc3cc(CN4CCCCC4)ccc3[nH]2)c2c(c1Cl)CNC2=O.Cl. The Kier molecular flexibility index (Phi) is 5.92. The summed E-state index contributed by atoms with van der Waals surface area (Å²) in [5, 5.41) is 4.67. The highest BCUT2D eigenvalue weighted by molar-refractivity contribution is 6.34. The molecule has 1 amide bonds. The number of carbonyl (C=O) groups is 1. The summed E-state index contributed by atoms with van der Waals surface area (Å²) in [6.45, 7) is 7.71. The van der Waals surface area contributed by atoms with Gasteiger partial charge in [0.1, 0.15) is 0 Å². The summed E-state index contributed by atoms with van der Waals surface area (Å²) in [6, 6.07) is 10.7. The van der Waals surface area contributed by atoms with E-state index in [1.54, 1.807) is 6.08 Å². The van der Waals surface area contributed by atoms with Crippen molar-refractivity contribution in [2.45, 2.75) is 32.4 Å². The van der Waals surface area contributed by atoms with Crippen LogP contribution in [0, 0.1) is 0 Å². The lowest BCUT2D eigenvalue weighted by Crippen LogP contribution is -2.28. The number of likely N-dealkylation sites (tertiary alicyclic amines) is 1. The summed E-state index contributed by atoms with van der Waals surface area (Å²) in [4.78, 5) is 18.5. The molecule has 156 valence electrons. The molecule has 1 aromatic heterocycles. The van der Waals surface area contributed by atoms with Gasteiger partial charge in [-0.15, -0.1) is 12.4 Å². The van der Waals surface area contributed by atoms with E-state index in [0.29, 0.717) is 17.1 Å². The number of fused-ring (bicyclic) bond motifs is 2. The number of hydrogen-bond donors (Lipinski definition) is 2. The van der Waals surface area contributed by atoms with Gasteiger partial charge in [0.25, 0.3) is 5.91 Å². The summed E-state index contributed by atoms with van der Waals surface area (Å²) in [5.41, 5.74) is 6.59. The van der Waals surface area contributed by atoms with Gasteiger partial charge in [0.05, 0.1) is 10.6 Å². The number of halogens is 2. The number of aromatic nitrogens is 1. The first kappa shape index (κ1) is 21.0. The molecule has 6 heteroatoms. The van der Waals surface area contributed by atoms with Gasteiger partial charge in [-0.25, -0.2) is 0 Å². The second-order valence-electron chi connectivity index (χ2n) is 8.01. The molecule has 0 atom stereocenters. The number of nitrogens with zero attached hydrogens (tertiary/aromatic N) is 1. The number of benzene rings is 2. The fourth-order valence-corrected chi connectivity index (χ4v) is 4.88. The summed E-state index contributed by atoms with van der Waals surface area (Å²) in [5.74, 6) is -0.0723. The molecular formula is C24H25Cl2N3O. The Labute approximate surface area is 187 Å². The molecule has 0 saturated carbocycles. The van der Waals surface area contributed by atoms with Crippen LogP contribution in [0.2, 0.25) is 5.02 Å². The highest BCUT2D eigenvalue weighted by atomic mass is 35.5. The van der Waals surface area contributed by atoms with E-state index >= 15 is 0 Å². The molecule has 0 unspecified atom stereocenters. The maximum absolute atomic E-state index is 12.5. The molecule has 30 heavy (non-hydrogen) atoms. The normalized spacial score (nSPS) is 16.2. The van der Waals surface area contributed by atoms with Crippen LogP contribution >= 0.6 is 24.0 Å². The van der Waals surface area contributed by atoms with E-state index < -0.39 is 0 Å². The Morgan fingerprint density at radius 1 is 1.13 bits per heavy atom. The quantitative estimate of drug-likeness (QED) is 0.538. The van der Waals surface area contributed by atoms with E-state index in [1.807, 2.05) is 6.07 Å². The van der Waals surface area contributed by atoms with Crippen LogP contribution < -0.4 is 5.32 Å². The Balaban J connectivity index is 0.00000218. The molecule has 3 heterocycles. The average Bonchev–Trinajstić information content (AvgIpc) is 3.33. The lowest BCUT2D eigenvalue weighted by molar-refractivity contribution is 0.0966. The topological polar surface area (TPSA) is 48.1 Å². The molecule has 1 fully saturated rings. The highest BCUT2D eigenvalue weighted by Crippen LogP contribution is 2.37. The van der Waals surface area contributed by atoms with Crippen LogP contribution in [-0.4, -0.2) is 28.9 Å². The van der Waals surface area contributed by atoms with Crippen LogP contribution in [-0.2, 0) is 13.1 Å². The number of aromatic amines is 1. The Hall–Kier alpha value is -2.27. The van der Waals surface area contributed by atoms with Crippen molar-refractivity contribution in [3.8, 4) is 11.3 Å². The third-order valence-corrected chi connectivity index (χ3v) is 6.54. The zero-order valence-corrected chi connectivity index (χ0v) is 18.3. The molecule has 1 saturated heterocycles. The maximum Gasteiger partial charge on any atom is 0.252 e. The average molecular weight is 442 g/mol. The summed E-state index contributed by atoms with van der Waals surface area (Å²) < 4.78 is 0. The van der Waals surface area contributed by atoms with Gasteiger partial charge in [-0.3, -0.25) is 9.69 Å². The first-order valence-corrected chi connectivity index (χ1v) is 10.6. The standard InChI is InChI=1S/C24H24ClN3O.ClH/c1-2-16-11-18(22-19(23(16)25)13-26-24(22)29)21-12-17-10-15(6-7-20(17)27-21)14-28-8-4-3-5-9-28;/h2,6-7,10-12,27H,1,3-5,8-9,13-14H2,(H,26,29);1H. The van der Waals surface area contributed by atoms with Crippen LogP contribution in [0.5, 0.6) is 0 Å². The lowest BCUT2D eigenvalue weighted by atomic mass is 9.96. The number of amides is 1. The van der Waals surface area contributed by atoms with Crippen LogP contribution in [0.25, 0.3) is 28.2 Å². The first-order chi connectivity index (χ1) is 14.1. The summed E-state index contributed by atoms with van der Waals surface area (Å²) in [6.07, 6.45) is 5.69. The summed E-state index contributed by atoms with van der Waals surface area (Å²) in [7, 11) is 0. The van der Waals surface area contributed by atoms with E-state index in [9.17, 15) is 4.79 Å². The van der Waals surface area contributed by atoms with E-state index in [0.717, 1.165) is 39.8 Å². The lowest BCUT2D eigenvalue weighted by Gasteiger charge is -2.26. The first-order valence-electron chi connectivity index (χ1n) is 10.2. The fourth-order valence-electron chi connectivity index (χ4n) is 4.58. The van der Waals surface area contributed by atoms with Crippen molar-refractivity contribution in [2.24, 2.45) is 0 Å². The Bertz CT molecular complexity index is 1130. The molecule has 2 aliphatic heterocycles. The van der Waals surface area contributed by atoms with E-state index in [1.165, 1.54) is 37.9 Å². The summed E-state index contributed by atoms with van der Waals surface area (Å²) >= 11 is 6.49. The monoisotopic (exact) mass is 441 g/mol. The second kappa shape index (κ2) is 8.46. The van der Waals surface area contributed by atoms with Crippen molar-refractivity contribution in [3.05, 3.63) is 64.2 Å².